The largest absolute Gasteiger partial charge is 0.472 e. The monoisotopic (exact) mass is 209 g/mol. The summed E-state index contributed by atoms with van der Waals surface area (Å²) in [5.41, 5.74) is 0.0240. The minimum atomic E-state index is -0.832. The van der Waals surface area contributed by atoms with Gasteiger partial charge in [0.2, 0.25) is 0 Å². The predicted octanol–water partition coefficient (Wildman–Crippen LogP) is 1.88. The van der Waals surface area contributed by atoms with Crippen LogP contribution in [0.4, 0.5) is 0 Å². The van der Waals surface area contributed by atoms with E-state index in [2.05, 4.69) is 12.2 Å². The lowest BCUT2D eigenvalue weighted by Gasteiger charge is -2.38. The Morgan fingerprint density at radius 1 is 1.60 bits per heavy atom. The van der Waals surface area contributed by atoms with Crippen molar-refractivity contribution in [2.75, 3.05) is 6.54 Å². The van der Waals surface area contributed by atoms with Crippen molar-refractivity contribution in [3.8, 4) is 0 Å². The summed E-state index contributed by atoms with van der Waals surface area (Å²) in [6.07, 6.45) is 5.44. The van der Waals surface area contributed by atoms with E-state index in [0.29, 0.717) is 5.92 Å². The fourth-order valence-corrected chi connectivity index (χ4v) is 2.29. The highest BCUT2D eigenvalue weighted by atomic mass is 16.3. The number of hydrogen-bond donors (Lipinski definition) is 2. The lowest BCUT2D eigenvalue weighted by Crippen LogP contribution is -2.50. The van der Waals surface area contributed by atoms with E-state index < -0.39 is 5.60 Å². The maximum absolute atomic E-state index is 10.5. The lowest BCUT2D eigenvalue weighted by atomic mass is 9.81. The normalized spacial score (nSPS) is 31.1. The van der Waals surface area contributed by atoms with Crippen LogP contribution >= 0.6 is 0 Å². The Labute approximate surface area is 90.5 Å². The molecule has 0 radical (unpaired) electrons. The average molecular weight is 209 g/mol. The van der Waals surface area contributed by atoms with Gasteiger partial charge in [-0.3, -0.25) is 0 Å². The molecule has 0 bridgehead atoms. The van der Waals surface area contributed by atoms with Crippen molar-refractivity contribution in [1.82, 2.24) is 5.32 Å². The Morgan fingerprint density at radius 2 is 2.40 bits per heavy atom. The molecule has 1 fully saturated rings. The van der Waals surface area contributed by atoms with Crippen molar-refractivity contribution >= 4 is 0 Å². The minimum absolute atomic E-state index is 0.124. The molecular formula is C12H19NO2. The number of hydrogen-bond acceptors (Lipinski definition) is 3. The number of aliphatic hydroxyl groups is 1. The first kappa shape index (κ1) is 10.7. The summed E-state index contributed by atoms with van der Waals surface area (Å²) in [5.74, 6) is 0.676. The zero-order chi connectivity index (χ0) is 10.9. The summed E-state index contributed by atoms with van der Waals surface area (Å²) in [7, 11) is 0. The lowest BCUT2D eigenvalue weighted by molar-refractivity contribution is -0.00185. The molecule has 0 spiro atoms. The summed E-state index contributed by atoms with van der Waals surface area (Å²) in [4.78, 5) is 0. The molecule has 2 rings (SSSR count). The van der Waals surface area contributed by atoms with Gasteiger partial charge in [-0.25, -0.2) is 0 Å². The molecule has 0 saturated carbocycles. The Balaban J connectivity index is 2.14. The van der Waals surface area contributed by atoms with Crippen LogP contribution < -0.4 is 5.32 Å². The van der Waals surface area contributed by atoms with Crippen LogP contribution in [-0.4, -0.2) is 17.7 Å². The fourth-order valence-electron chi connectivity index (χ4n) is 2.29. The molecule has 2 heterocycles. The molecule has 1 aliphatic rings. The smallest absolute Gasteiger partial charge is 0.105 e. The Hall–Kier alpha value is -0.800. The second kappa shape index (κ2) is 3.99. The standard InChI is InChI=1S/C12H19NO2/c1-9-3-5-13-11(7-9)12(2,14)10-4-6-15-8-10/h4,6,8-9,11,13-14H,3,5,7H2,1-2H3. The van der Waals surface area contributed by atoms with Gasteiger partial charge in [-0.1, -0.05) is 6.92 Å². The van der Waals surface area contributed by atoms with Gasteiger partial charge in [-0.2, -0.15) is 0 Å². The second-order valence-corrected chi connectivity index (χ2v) is 4.80. The van der Waals surface area contributed by atoms with Gasteiger partial charge in [0, 0.05) is 11.6 Å². The summed E-state index contributed by atoms with van der Waals surface area (Å²) >= 11 is 0. The minimum Gasteiger partial charge on any atom is -0.472 e. The van der Waals surface area contributed by atoms with E-state index in [9.17, 15) is 5.11 Å². The van der Waals surface area contributed by atoms with E-state index in [1.807, 2.05) is 13.0 Å². The number of rotatable bonds is 2. The van der Waals surface area contributed by atoms with Crippen molar-refractivity contribution < 1.29 is 9.52 Å². The molecule has 1 aliphatic heterocycles. The Morgan fingerprint density at radius 3 is 3.00 bits per heavy atom. The number of furan rings is 1. The summed E-state index contributed by atoms with van der Waals surface area (Å²) in [6.45, 7) is 5.08. The first-order valence-corrected chi connectivity index (χ1v) is 5.59. The first-order valence-electron chi connectivity index (χ1n) is 5.59. The highest BCUT2D eigenvalue weighted by Gasteiger charge is 2.36. The molecule has 3 nitrogen and oxygen atoms in total. The molecule has 3 heteroatoms. The molecule has 1 aromatic heterocycles. The van der Waals surface area contributed by atoms with Crippen LogP contribution in [0.25, 0.3) is 0 Å². The van der Waals surface area contributed by atoms with Crippen molar-refractivity contribution in [2.45, 2.75) is 38.3 Å². The topological polar surface area (TPSA) is 45.4 Å². The van der Waals surface area contributed by atoms with E-state index in [1.54, 1.807) is 12.5 Å². The fraction of sp³-hybridized carbons (Fsp3) is 0.667. The van der Waals surface area contributed by atoms with Gasteiger partial charge < -0.3 is 14.8 Å². The van der Waals surface area contributed by atoms with Gasteiger partial charge in [0.1, 0.15) is 5.60 Å². The quantitative estimate of drug-likeness (QED) is 0.781. The van der Waals surface area contributed by atoms with Crippen LogP contribution in [0.5, 0.6) is 0 Å². The molecule has 15 heavy (non-hydrogen) atoms. The molecule has 0 aromatic carbocycles. The zero-order valence-electron chi connectivity index (χ0n) is 9.36. The van der Waals surface area contributed by atoms with Crippen molar-refractivity contribution in [3.05, 3.63) is 24.2 Å². The van der Waals surface area contributed by atoms with Gasteiger partial charge in [0.15, 0.2) is 0 Å². The maximum atomic E-state index is 10.5. The van der Waals surface area contributed by atoms with E-state index in [4.69, 9.17) is 4.42 Å². The van der Waals surface area contributed by atoms with Crippen LogP contribution in [0, 0.1) is 5.92 Å². The summed E-state index contributed by atoms with van der Waals surface area (Å²) in [5, 5.41) is 13.9. The van der Waals surface area contributed by atoms with Crippen LogP contribution in [0.2, 0.25) is 0 Å². The molecule has 2 N–H and O–H groups in total. The molecular weight excluding hydrogens is 190 g/mol. The van der Waals surface area contributed by atoms with Crippen molar-refractivity contribution in [3.63, 3.8) is 0 Å². The van der Waals surface area contributed by atoms with Crippen LogP contribution in [0.15, 0.2) is 23.0 Å². The molecule has 3 unspecified atom stereocenters. The average Bonchev–Trinajstić information content (AvgIpc) is 2.71. The third kappa shape index (κ3) is 2.08. The first-order chi connectivity index (χ1) is 7.10. The van der Waals surface area contributed by atoms with Gasteiger partial charge in [-0.05, 0) is 38.3 Å². The molecule has 3 atom stereocenters. The molecule has 0 aliphatic carbocycles. The molecule has 0 amide bonds. The summed E-state index contributed by atoms with van der Waals surface area (Å²) < 4.78 is 5.03. The van der Waals surface area contributed by atoms with Gasteiger partial charge in [-0.15, -0.1) is 0 Å². The maximum Gasteiger partial charge on any atom is 0.105 e. The van der Waals surface area contributed by atoms with E-state index in [0.717, 1.165) is 18.5 Å². The van der Waals surface area contributed by atoms with Crippen molar-refractivity contribution in [2.24, 2.45) is 5.92 Å². The van der Waals surface area contributed by atoms with Crippen LogP contribution in [0.3, 0.4) is 0 Å². The Bertz CT molecular complexity index is 305. The highest BCUT2D eigenvalue weighted by Crippen LogP contribution is 2.31. The van der Waals surface area contributed by atoms with Gasteiger partial charge in [0.25, 0.3) is 0 Å². The Kier molecular flexibility index (Phi) is 2.85. The van der Waals surface area contributed by atoms with E-state index >= 15 is 0 Å². The summed E-state index contributed by atoms with van der Waals surface area (Å²) in [6, 6.07) is 1.96. The van der Waals surface area contributed by atoms with Crippen LogP contribution in [0.1, 0.15) is 32.3 Å². The second-order valence-electron chi connectivity index (χ2n) is 4.80. The van der Waals surface area contributed by atoms with E-state index in [1.165, 1.54) is 6.42 Å². The zero-order valence-corrected chi connectivity index (χ0v) is 9.36. The number of nitrogens with one attached hydrogen (secondary N) is 1. The molecule has 84 valence electrons. The third-order valence-electron chi connectivity index (χ3n) is 3.45. The van der Waals surface area contributed by atoms with Gasteiger partial charge >= 0.3 is 0 Å². The van der Waals surface area contributed by atoms with Crippen LogP contribution in [-0.2, 0) is 5.60 Å². The molecule has 1 aromatic rings. The SMILES string of the molecule is CC1CCNC(C(C)(O)c2ccoc2)C1. The third-order valence-corrected chi connectivity index (χ3v) is 3.45. The van der Waals surface area contributed by atoms with Crippen molar-refractivity contribution in [1.29, 1.82) is 0 Å². The van der Waals surface area contributed by atoms with Gasteiger partial charge in [0.05, 0.1) is 12.5 Å². The van der Waals surface area contributed by atoms with E-state index in [-0.39, 0.29) is 6.04 Å². The highest BCUT2D eigenvalue weighted by molar-refractivity contribution is 5.18. The molecule has 1 saturated heterocycles. The number of piperidine rings is 1. The predicted molar refractivity (Wildman–Crippen MR) is 58.5 cm³/mol.